The highest BCUT2D eigenvalue weighted by molar-refractivity contribution is 5.95. The zero-order chi connectivity index (χ0) is 22.2. The number of aliphatic hydroxyl groups excluding tert-OH is 1. The quantitative estimate of drug-likeness (QED) is 0.421. The van der Waals surface area contributed by atoms with E-state index >= 15 is 0 Å². The standard InChI is InChI=1S/C26H30N2O3.ClH/c1-19(12-13-20-8-4-2-5-9-20)28(17-21-10-6-3-7-11-21)18-25(30)22-14-15-24(29)23(16-22)26(27)31;/h2-11,14-16,19,25,29-30H,12-13,17-18H2,1H3,(H2,27,31);1H/t19-,25+;/m1./s1. The van der Waals surface area contributed by atoms with E-state index in [1.807, 2.05) is 36.4 Å². The molecule has 0 aliphatic carbocycles. The van der Waals surface area contributed by atoms with Gasteiger partial charge in [0.25, 0.3) is 5.91 Å². The molecule has 5 nitrogen and oxygen atoms in total. The van der Waals surface area contributed by atoms with Crippen LogP contribution < -0.4 is 5.73 Å². The molecule has 0 saturated heterocycles. The second kappa shape index (κ2) is 12.2. The number of aryl methyl sites for hydroxylation is 1. The van der Waals surface area contributed by atoms with Crippen LogP contribution in [-0.4, -0.2) is 33.6 Å². The van der Waals surface area contributed by atoms with Gasteiger partial charge in [-0.05, 0) is 48.6 Å². The predicted octanol–water partition coefficient (Wildman–Crippen LogP) is 4.47. The van der Waals surface area contributed by atoms with Crippen molar-refractivity contribution in [1.82, 2.24) is 4.90 Å². The van der Waals surface area contributed by atoms with Crippen molar-refractivity contribution < 1.29 is 15.0 Å². The fourth-order valence-electron chi connectivity index (χ4n) is 3.71. The van der Waals surface area contributed by atoms with Gasteiger partial charge in [-0.1, -0.05) is 66.7 Å². The molecule has 1 amide bonds. The molecule has 0 unspecified atom stereocenters. The lowest BCUT2D eigenvalue weighted by atomic mass is 10.0. The van der Waals surface area contributed by atoms with Crippen molar-refractivity contribution in [2.45, 2.75) is 38.5 Å². The number of rotatable bonds is 10. The fraction of sp³-hybridized carbons (Fsp3) is 0.269. The molecule has 0 saturated carbocycles. The molecule has 3 rings (SSSR count). The molecule has 0 spiro atoms. The number of benzene rings is 3. The first-order chi connectivity index (χ1) is 14.9. The lowest BCUT2D eigenvalue weighted by Crippen LogP contribution is -2.36. The largest absolute Gasteiger partial charge is 0.507 e. The number of primary amides is 1. The number of carbonyl (C=O) groups excluding carboxylic acids is 1. The molecule has 0 fully saturated rings. The van der Waals surface area contributed by atoms with Crippen LogP contribution in [0.3, 0.4) is 0 Å². The average molecular weight is 455 g/mol. The van der Waals surface area contributed by atoms with E-state index in [1.54, 1.807) is 6.07 Å². The molecule has 0 aliphatic heterocycles. The van der Waals surface area contributed by atoms with E-state index in [0.29, 0.717) is 18.7 Å². The molecule has 32 heavy (non-hydrogen) atoms. The van der Waals surface area contributed by atoms with Gasteiger partial charge in [0.1, 0.15) is 5.75 Å². The van der Waals surface area contributed by atoms with Crippen LogP contribution in [0.15, 0.2) is 78.9 Å². The van der Waals surface area contributed by atoms with Crippen LogP contribution in [0.2, 0.25) is 0 Å². The molecule has 0 aromatic heterocycles. The van der Waals surface area contributed by atoms with Crippen LogP contribution in [0.5, 0.6) is 5.75 Å². The Hall–Kier alpha value is -2.86. The van der Waals surface area contributed by atoms with Crippen LogP contribution in [0.25, 0.3) is 0 Å². The number of hydrogen-bond donors (Lipinski definition) is 3. The lowest BCUT2D eigenvalue weighted by molar-refractivity contribution is 0.0832. The number of phenols is 1. The predicted molar refractivity (Wildman–Crippen MR) is 130 cm³/mol. The van der Waals surface area contributed by atoms with E-state index in [9.17, 15) is 15.0 Å². The molecule has 0 aliphatic rings. The summed E-state index contributed by atoms with van der Waals surface area (Å²) in [7, 11) is 0. The molecule has 6 heteroatoms. The van der Waals surface area contributed by atoms with E-state index in [-0.39, 0.29) is 29.8 Å². The van der Waals surface area contributed by atoms with Gasteiger partial charge in [-0.25, -0.2) is 0 Å². The maximum atomic E-state index is 11.6. The SMILES string of the molecule is C[C@H](CCc1ccccc1)N(Cc1ccccc1)C[C@H](O)c1ccc(O)c(C(N)=O)c1.Cl. The van der Waals surface area contributed by atoms with Gasteiger partial charge in [-0.3, -0.25) is 9.69 Å². The molecule has 3 aromatic rings. The van der Waals surface area contributed by atoms with Crippen molar-refractivity contribution >= 4 is 18.3 Å². The van der Waals surface area contributed by atoms with Gasteiger partial charge in [0.05, 0.1) is 11.7 Å². The minimum atomic E-state index is -0.818. The lowest BCUT2D eigenvalue weighted by Gasteiger charge is -2.31. The van der Waals surface area contributed by atoms with E-state index in [0.717, 1.165) is 12.8 Å². The summed E-state index contributed by atoms with van der Waals surface area (Å²) in [5.41, 5.74) is 8.37. The number of amides is 1. The third-order valence-corrected chi connectivity index (χ3v) is 5.62. The molecule has 3 aromatic carbocycles. The van der Waals surface area contributed by atoms with Crippen LogP contribution in [0.1, 0.15) is 46.5 Å². The Morgan fingerprint density at radius 3 is 2.16 bits per heavy atom. The Bertz CT molecular complexity index is 983. The minimum Gasteiger partial charge on any atom is -0.507 e. The summed E-state index contributed by atoms with van der Waals surface area (Å²) >= 11 is 0. The molecule has 2 atom stereocenters. The summed E-state index contributed by atoms with van der Waals surface area (Å²) in [6.07, 6.45) is 1.08. The minimum absolute atomic E-state index is 0. The van der Waals surface area contributed by atoms with Crippen LogP contribution in [-0.2, 0) is 13.0 Å². The van der Waals surface area contributed by atoms with Gasteiger partial charge in [-0.2, -0.15) is 0 Å². The molecule has 4 N–H and O–H groups in total. The number of halogens is 1. The van der Waals surface area contributed by atoms with Crippen molar-refractivity contribution in [3.8, 4) is 5.75 Å². The fourth-order valence-corrected chi connectivity index (χ4v) is 3.71. The van der Waals surface area contributed by atoms with Gasteiger partial charge in [0.2, 0.25) is 0 Å². The van der Waals surface area contributed by atoms with Gasteiger partial charge in [-0.15, -0.1) is 12.4 Å². The summed E-state index contributed by atoms with van der Waals surface area (Å²) in [5, 5.41) is 20.8. The number of hydrogen-bond acceptors (Lipinski definition) is 4. The van der Waals surface area contributed by atoms with Gasteiger partial charge < -0.3 is 15.9 Å². The topological polar surface area (TPSA) is 86.8 Å². The van der Waals surface area contributed by atoms with E-state index < -0.39 is 12.0 Å². The van der Waals surface area contributed by atoms with E-state index in [2.05, 4.69) is 36.1 Å². The Morgan fingerprint density at radius 2 is 1.56 bits per heavy atom. The Morgan fingerprint density at radius 1 is 0.969 bits per heavy atom. The second-order valence-corrected chi connectivity index (χ2v) is 7.94. The Labute approximate surface area is 195 Å². The first-order valence-electron chi connectivity index (χ1n) is 10.6. The maximum absolute atomic E-state index is 11.6. The number of nitrogens with zero attached hydrogens (tertiary/aromatic N) is 1. The van der Waals surface area contributed by atoms with E-state index in [1.165, 1.54) is 23.3 Å². The zero-order valence-electron chi connectivity index (χ0n) is 18.2. The zero-order valence-corrected chi connectivity index (χ0v) is 19.0. The van der Waals surface area contributed by atoms with Gasteiger partial charge in [0, 0.05) is 19.1 Å². The van der Waals surface area contributed by atoms with Crippen molar-refractivity contribution in [3.63, 3.8) is 0 Å². The molecule has 0 heterocycles. The number of nitrogens with two attached hydrogens (primary N) is 1. The Balaban J connectivity index is 0.00000363. The molecular formula is C26H31ClN2O3. The molecule has 0 bridgehead atoms. The summed E-state index contributed by atoms with van der Waals surface area (Å²) in [6, 6.07) is 25.3. The van der Waals surface area contributed by atoms with Crippen LogP contribution in [0.4, 0.5) is 0 Å². The smallest absolute Gasteiger partial charge is 0.252 e. The maximum Gasteiger partial charge on any atom is 0.252 e. The highest BCUT2D eigenvalue weighted by atomic mass is 35.5. The first kappa shape index (κ1) is 25.4. The van der Waals surface area contributed by atoms with E-state index in [4.69, 9.17) is 5.73 Å². The van der Waals surface area contributed by atoms with Crippen LogP contribution in [0, 0.1) is 0 Å². The monoisotopic (exact) mass is 454 g/mol. The average Bonchev–Trinajstić information content (AvgIpc) is 2.78. The second-order valence-electron chi connectivity index (χ2n) is 7.94. The van der Waals surface area contributed by atoms with Gasteiger partial charge in [0.15, 0.2) is 0 Å². The third-order valence-electron chi connectivity index (χ3n) is 5.62. The van der Waals surface area contributed by atoms with Crippen molar-refractivity contribution in [1.29, 1.82) is 0 Å². The van der Waals surface area contributed by atoms with Crippen molar-refractivity contribution in [2.24, 2.45) is 5.73 Å². The molecule has 170 valence electrons. The number of carbonyl (C=O) groups is 1. The number of aliphatic hydroxyl groups is 1. The first-order valence-corrected chi connectivity index (χ1v) is 10.6. The van der Waals surface area contributed by atoms with Crippen LogP contribution >= 0.6 is 12.4 Å². The third kappa shape index (κ3) is 7.09. The van der Waals surface area contributed by atoms with Crippen molar-refractivity contribution in [3.05, 3.63) is 101 Å². The molecule has 0 radical (unpaired) electrons. The highest BCUT2D eigenvalue weighted by Gasteiger charge is 2.21. The number of aromatic hydroxyl groups is 1. The van der Waals surface area contributed by atoms with Gasteiger partial charge >= 0.3 is 0 Å². The molecular weight excluding hydrogens is 424 g/mol. The highest BCUT2D eigenvalue weighted by Crippen LogP contribution is 2.24. The summed E-state index contributed by atoms with van der Waals surface area (Å²) in [5.74, 6) is -0.898. The summed E-state index contributed by atoms with van der Waals surface area (Å²) < 4.78 is 0. The van der Waals surface area contributed by atoms with Crippen molar-refractivity contribution in [2.75, 3.05) is 6.54 Å². The summed E-state index contributed by atoms with van der Waals surface area (Å²) in [6.45, 7) is 3.27. The Kier molecular flexibility index (Phi) is 9.72. The normalized spacial score (nSPS) is 12.7. The summed E-state index contributed by atoms with van der Waals surface area (Å²) in [4.78, 5) is 13.8.